The lowest BCUT2D eigenvalue weighted by molar-refractivity contribution is -0.195. The Labute approximate surface area is 137 Å². The monoisotopic (exact) mass is 345 g/mol. The van der Waals surface area contributed by atoms with Gasteiger partial charge in [-0.3, -0.25) is 4.79 Å². The van der Waals surface area contributed by atoms with Gasteiger partial charge in [0.15, 0.2) is 6.61 Å². The van der Waals surface area contributed by atoms with Crippen LogP contribution >= 0.6 is 0 Å². The number of ether oxygens (including phenoxy) is 1. The lowest BCUT2D eigenvalue weighted by atomic mass is 10.0. The number of carboxylic acids is 1. The molecule has 132 valence electrons. The third kappa shape index (κ3) is 4.87. The molecule has 1 aromatic rings. The van der Waals surface area contributed by atoms with E-state index in [-0.39, 0.29) is 25.1 Å². The normalized spacial score (nSPS) is 18.3. The van der Waals surface area contributed by atoms with E-state index in [1.165, 1.54) is 12.1 Å². The Morgan fingerprint density at radius 1 is 1.29 bits per heavy atom. The Kier molecular flexibility index (Phi) is 5.69. The number of benzene rings is 1. The van der Waals surface area contributed by atoms with Crippen LogP contribution < -0.4 is 4.74 Å². The number of amides is 1. The van der Waals surface area contributed by atoms with Crippen LogP contribution in [0.15, 0.2) is 24.3 Å². The molecular formula is C16H18F3NO4. The summed E-state index contributed by atoms with van der Waals surface area (Å²) in [6.07, 6.45) is -3.68. The van der Waals surface area contributed by atoms with Crippen LogP contribution in [0.1, 0.15) is 24.8 Å². The van der Waals surface area contributed by atoms with Crippen molar-refractivity contribution in [2.45, 2.75) is 37.9 Å². The fourth-order valence-corrected chi connectivity index (χ4v) is 2.74. The molecule has 1 aromatic carbocycles. The molecule has 0 bridgehead atoms. The smallest absolute Gasteiger partial charge is 0.408 e. The first-order chi connectivity index (χ1) is 11.3. The number of piperidine rings is 1. The summed E-state index contributed by atoms with van der Waals surface area (Å²) in [6.45, 7) is -0.433. The minimum Gasteiger partial charge on any atom is -0.482 e. The van der Waals surface area contributed by atoms with Crippen molar-refractivity contribution in [3.63, 3.8) is 0 Å². The quantitative estimate of drug-likeness (QED) is 0.891. The molecule has 1 amide bonds. The van der Waals surface area contributed by atoms with Crippen molar-refractivity contribution in [1.82, 2.24) is 4.90 Å². The van der Waals surface area contributed by atoms with Crippen LogP contribution in [-0.4, -0.2) is 47.3 Å². The molecule has 1 unspecified atom stereocenters. The van der Waals surface area contributed by atoms with Crippen LogP contribution in [0.2, 0.25) is 0 Å². The zero-order valence-corrected chi connectivity index (χ0v) is 12.9. The first kappa shape index (κ1) is 18.1. The minimum atomic E-state index is -4.43. The largest absolute Gasteiger partial charge is 0.482 e. The molecule has 1 aliphatic heterocycles. The predicted octanol–water partition coefficient (Wildman–Crippen LogP) is 2.64. The van der Waals surface area contributed by atoms with E-state index < -0.39 is 30.7 Å². The number of carbonyl (C=O) groups is 2. The van der Waals surface area contributed by atoms with E-state index in [1.807, 2.05) is 0 Å². The van der Waals surface area contributed by atoms with Crippen LogP contribution in [0.4, 0.5) is 13.2 Å². The zero-order valence-electron chi connectivity index (χ0n) is 12.9. The maximum atomic E-state index is 13.1. The SMILES string of the molecule is O=C(O)COc1cccc(CC(=O)N2CCCCC2C(F)(F)F)c1. The van der Waals surface area contributed by atoms with E-state index in [2.05, 4.69) is 0 Å². The van der Waals surface area contributed by atoms with Gasteiger partial charge in [-0.2, -0.15) is 13.2 Å². The highest BCUT2D eigenvalue weighted by Crippen LogP contribution is 2.32. The van der Waals surface area contributed by atoms with E-state index in [1.54, 1.807) is 12.1 Å². The number of hydrogen-bond donors (Lipinski definition) is 1. The number of aliphatic carboxylic acids is 1. The van der Waals surface area contributed by atoms with Gasteiger partial charge >= 0.3 is 12.1 Å². The molecule has 5 nitrogen and oxygen atoms in total. The second-order valence-corrected chi connectivity index (χ2v) is 5.65. The van der Waals surface area contributed by atoms with Gasteiger partial charge in [0.25, 0.3) is 0 Å². The molecule has 1 heterocycles. The Morgan fingerprint density at radius 3 is 2.71 bits per heavy atom. The maximum Gasteiger partial charge on any atom is 0.408 e. The third-order valence-electron chi connectivity index (χ3n) is 3.82. The van der Waals surface area contributed by atoms with Crippen LogP contribution in [0, 0.1) is 0 Å². The molecular weight excluding hydrogens is 327 g/mol. The highest BCUT2D eigenvalue weighted by Gasteiger charge is 2.46. The molecule has 2 rings (SSSR count). The van der Waals surface area contributed by atoms with Gasteiger partial charge in [-0.1, -0.05) is 12.1 Å². The Hall–Kier alpha value is -2.25. The fraction of sp³-hybridized carbons (Fsp3) is 0.500. The molecule has 8 heteroatoms. The van der Waals surface area contributed by atoms with Gasteiger partial charge in [-0.25, -0.2) is 4.79 Å². The van der Waals surface area contributed by atoms with E-state index in [9.17, 15) is 22.8 Å². The van der Waals surface area contributed by atoms with Crippen molar-refractivity contribution in [1.29, 1.82) is 0 Å². The third-order valence-corrected chi connectivity index (χ3v) is 3.82. The summed E-state index contributed by atoms with van der Waals surface area (Å²) in [5.74, 6) is -1.47. The number of likely N-dealkylation sites (tertiary alicyclic amines) is 1. The van der Waals surface area contributed by atoms with Gasteiger partial charge in [0, 0.05) is 6.54 Å². The summed E-state index contributed by atoms with van der Waals surface area (Å²) in [5, 5.41) is 8.57. The summed E-state index contributed by atoms with van der Waals surface area (Å²) < 4.78 is 44.2. The van der Waals surface area contributed by atoms with Crippen molar-refractivity contribution >= 4 is 11.9 Å². The van der Waals surface area contributed by atoms with E-state index in [0.29, 0.717) is 18.4 Å². The molecule has 1 atom stereocenters. The summed E-state index contributed by atoms with van der Waals surface area (Å²) >= 11 is 0. The maximum absolute atomic E-state index is 13.1. The lowest BCUT2D eigenvalue weighted by Gasteiger charge is -2.36. The highest BCUT2D eigenvalue weighted by atomic mass is 19.4. The minimum absolute atomic E-state index is 0.0724. The average molecular weight is 345 g/mol. The second-order valence-electron chi connectivity index (χ2n) is 5.65. The number of hydrogen-bond acceptors (Lipinski definition) is 3. The van der Waals surface area contributed by atoms with Gasteiger partial charge in [-0.05, 0) is 37.0 Å². The van der Waals surface area contributed by atoms with Crippen molar-refractivity contribution < 1.29 is 32.6 Å². The molecule has 1 N–H and O–H groups in total. The van der Waals surface area contributed by atoms with Gasteiger partial charge in [-0.15, -0.1) is 0 Å². The van der Waals surface area contributed by atoms with Crippen molar-refractivity contribution in [3.8, 4) is 5.75 Å². The van der Waals surface area contributed by atoms with Gasteiger partial charge in [0.2, 0.25) is 5.91 Å². The zero-order chi connectivity index (χ0) is 17.7. The molecule has 1 aliphatic rings. The average Bonchev–Trinajstić information content (AvgIpc) is 2.52. The molecule has 1 saturated heterocycles. The van der Waals surface area contributed by atoms with Crippen molar-refractivity contribution in [3.05, 3.63) is 29.8 Å². The summed E-state index contributed by atoms with van der Waals surface area (Å²) in [7, 11) is 0. The molecule has 24 heavy (non-hydrogen) atoms. The van der Waals surface area contributed by atoms with Gasteiger partial charge in [0.05, 0.1) is 6.42 Å². The standard InChI is InChI=1S/C16H18F3NO4/c17-16(18,19)13-6-1-2-7-20(13)14(21)9-11-4-3-5-12(8-11)24-10-15(22)23/h3-5,8,13H,1-2,6-7,9-10H2,(H,22,23). The van der Waals surface area contributed by atoms with E-state index >= 15 is 0 Å². The van der Waals surface area contributed by atoms with Crippen LogP contribution in [0.3, 0.4) is 0 Å². The predicted molar refractivity (Wildman–Crippen MR) is 78.7 cm³/mol. The summed E-state index contributed by atoms with van der Waals surface area (Å²) in [4.78, 5) is 23.7. The Balaban J connectivity index is 2.05. The van der Waals surface area contributed by atoms with Crippen molar-refractivity contribution in [2.75, 3.05) is 13.2 Å². The summed E-state index contributed by atoms with van der Waals surface area (Å²) in [5.41, 5.74) is 0.481. The first-order valence-corrected chi connectivity index (χ1v) is 7.57. The topological polar surface area (TPSA) is 66.8 Å². The number of halogens is 3. The number of carboxylic acid groups (broad SMARTS) is 1. The van der Waals surface area contributed by atoms with Crippen molar-refractivity contribution in [2.24, 2.45) is 0 Å². The molecule has 0 radical (unpaired) electrons. The lowest BCUT2D eigenvalue weighted by Crippen LogP contribution is -2.51. The number of alkyl halides is 3. The molecule has 0 spiro atoms. The van der Waals surface area contributed by atoms with E-state index in [4.69, 9.17) is 9.84 Å². The molecule has 0 aliphatic carbocycles. The number of carbonyl (C=O) groups excluding carboxylic acids is 1. The first-order valence-electron chi connectivity index (χ1n) is 7.57. The molecule has 0 aromatic heterocycles. The second kappa shape index (κ2) is 7.55. The van der Waals surface area contributed by atoms with Crippen LogP contribution in [-0.2, 0) is 16.0 Å². The number of rotatable bonds is 5. The van der Waals surface area contributed by atoms with Crippen LogP contribution in [0.5, 0.6) is 5.75 Å². The van der Waals surface area contributed by atoms with Gasteiger partial charge < -0.3 is 14.7 Å². The summed E-state index contributed by atoms with van der Waals surface area (Å²) in [6, 6.07) is 4.42. The van der Waals surface area contributed by atoms with E-state index in [0.717, 1.165) is 4.90 Å². The molecule has 1 fully saturated rings. The highest BCUT2D eigenvalue weighted by molar-refractivity contribution is 5.79. The Morgan fingerprint density at radius 2 is 2.04 bits per heavy atom. The fourth-order valence-electron chi connectivity index (χ4n) is 2.74. The van der Waals surface area contributed by atoms with Crippen LogP contribution in [0.25, 0.3) is 0 Å². The number of nitrogens with zero attached hydrogens (tertiary/aromatic N) is 1. The Bertz CT molecular complexity index is 603. The van der Waals surface area contributed by atoms with Gasteiger partial charge in [0.1, 0.15) is 11.8 Å². The molecule has 0 saturated carbocycles.